The van der Waals surface area contributed by atoms with Crippen molar-refractivity contribution in [3.8, 4) is 0 Å². The van der Waals surface area contributed by atoms with Crippen LogP contribution >= 0.6 is 11.6 Å². The van der Waals surface area contributed by atoms with Crippen LogP contribution in [0.2, 0.25) is 5.02 Å². The number of halogens is 1. The Morgan fingerprint density at radius 3 is 2.27 bits per heavy atom. The number of pyridine rings is 1. The van der Waals surface area contributed by atoms with E-state index in [2.05, 4.69) is 9.88 Å². The van der Waals surface area contributed by atoms with E-state index in [0.717, 1.165) is 11.3 Å². The van der Waals surface area contributed by atoms with E-state index < -0.39 is 10.0 Å². The number of amides is 1. The predicted octanol–water partition coefficient (Wildman–Crippen LogP) is 3.27. The summed E-state index contributed by atoms with van der Waals surface area (Å²) in [5.74, 6) is -0.218. The second kappa shape index (κ2) is 10.3. The van der Waals surface area contributed by atoms with Gasteiger partial charge in [0.15, 0.2) is 0 Å². The zero-order chi connectivity index (χ0) is 23.3. The minimum Gasteiger partial charge on any atom is -0.368 e. The van der Waals surface area contributed by atoms with E-state index in [0.29, 0.717) is 31.2 Å². The molecule has 2 aromatic carbocycles. The standard InChI is InChI=1S/C24H25ClN4O3S/c25-21-10-8-20(9-11-21)18-29(33(31,32)23-7-4-12-26-17-23)19-24(30)28-15-13-27(14-16-28)22-5-2-1-3-6-22/h1-12,17H,13-16,18-19H2. The lowest BCUT2D eigenvalue weighted by molar-refractivity contribution is -0.131. The van der Waals surface area contributed by atoms with Gasteiger partial charge < -0.3 is 9.80 Å². The first kappa shape index (κ1) is 23.2. The Morgan fingerprint density at radius 1 is 0.939 bits per heavy atom. The SMILES string of the molecule is O=C(CN(Cc1ccc(Cl)cc1)S(=O)(=O)c1cccnc1)N1CCN(c2ccccc2)CC1. The van der Waals surface area contributed by atoms with Crippen molar-refractivity contribution in [1.29, 1.82) is 0 Å². The first-order chi connectivity index (χ1) is 15.9. The lowest BCUT2D eigenvalue weighted by atomic mass is 10.2. The summed E-state index contributed by atoms with van der Waals surface area (Å²) < 4.78 is 27.9. The molecule has 4 rings (SSSR count). The fraction of sp³-hybridized carbons (Fsp3) is 0.250. The minimum atomic E-state index is -3.92. The molecule has 0 atom stereocenters. The second-order valence-corrected chi connectivity index (χ2v) is 10.2. The van der Waals surface area contributed by atoms with E-state index in [-0.39, 0.29) is 23.9 Å². The average molecular weight is 485 g/mol. The molecule has 1 aromatic heterocycles. The van der Waals surface area contributed by atoms with Crippen molar-refractivity contribution in [1.82, 2.24) is 14.2 Å². The Balaban J connectivity index is 1.49. The molecule has 0 unspecified atom stereocenters. The molecule has 33 heavy (non-hydrogen) atoms. The normalized spacial score (nSPS) is 14.5. The maximum atomic E-state index is 13.3. The first-order valence-electron chi connectivity index (χ1n) is 10.7. The molecule has 0 radical (unpaired) electrons. The van der Waals surface area contributed by atoms with Crippen LogP contribution in [0.15, 0.2) is 84.0 Å². The second-order valence-electron chi connectivity index (χ2n) is 7.79. The van der Waals surface area contributed by atoms with Crippen LogP contribution in [0.5, 0.6) is 0 Å². The third kappa shape index (κ3) is 5.71. The van der Waals surface area contributed by atoms with Crippen LogP contribution in [-0.4, -0.2) is 61.2 Å². The highest BCUT2D eigenvalue weighted by atomic mass is 35.5. The highest BCUT2D eigenvalue weighted by Crippen LogP contribution is 2.20. The van der Waals surface area contributed by atoms with Crippen molar-refractivity contribution in [2.24, 2.45) is 0 Å². The van der Waals surface area contributed by atoms with E-state index >= 15 is 0 Å². The number of piperazine rings is 1. The molecule has 0 spiro atoms. The third-order valence-corrected chi connectivity index (χ3v) is 7.64. The van der Waals surface area contributed by atoms with Gasteiger partial charge in [0.05, 0.1) is 6.54 Å². The number of carbonyl (C=O) groups excluding carboxylic acids is 1. The number of anilines is 1. The number of hydrogen-bond acceptors (Lipinski definition) is 5. The molecule has 7 nitrogen and oxygen atoms in total. The van der Waals surface area contributed by atoms with Crippen LogP contribution in [0.3, 0.4) is 0 Å². The lowest BCUT2D eigenvalue weighted by Crippen LogP contribution is -2.51. The summed E-state index contributed by atoms with van der Waals surface area (Å²) >= 11 is 5.97. The van der Waals surface area contributed by atoms with E-state index in [1.807, 2.05) is 30.3 Å². The molecule has 1 aliphatic rings. The van der Waals surface area contributed by atoms with E-state index in [9.17, 15) is 13.2 Å². The molecular formula is C24H25ClN4O3S. The molecule has 1 amide bonds. The molecule has 1 saturated heterocycles. The molecule has 0 N–H and O–H groups in total. The monoisotopic (exact) mass is 484 g/mol. The van der Waals surface area contributed by atoms with Crippen LogP contribution in [0.1, 0.15) is 5.56 Å². The van der Waals surface area contributed by atoms with Crippen LogP contribution in [0.4, 0.5) is 5.69 Å². The largest absolute Gasteiger partial charge is 0.368 e. The summed E-state index contributed by atoms with van der Waals surface area (Å²) in [7, 11) is -3.92. The van der Waals surface area contributed by atoms with Crippen LogP contribution in [0, 0.1) is 0 Å². The zero-order valence-electron chi connectivity index (χ0n) is 18.0. The number of para-hydroxylation sites is 1. The molecule has 3 aromatic rings. The van der Waals surface area contributed by atoms with Crippen LogP contribution < -0.4 is 4.90 Å². The van der Waals surface area contributed by atoms with Crippen LogP contribution in [0.25, 0.3) is 0 Å². The molecular weight excluding hydrogens is 460 g/mol. The Morgan fingerprint density at radius 2 is 1.64 bits per heavy atom. The van der Waals surface area contributed by atoms with Gasteiger partial charge in [0.1, 0.15) is 4.90 Å². The molecule has 0 bridgehead atoms. The highest BCUT2D eigenvalue weighted by molar-refractivity contribution is 7.89. The van der Waals surface area contributed by atoms with Gasteiger partial charge in [0, 0.05) is 55.8 Å². The number of rotatable bonds is 7. The summed E-state index contributed by atoms with van der Waals surface area (Å²) in [6, 6.07) is 20.0. The van der Waals surface area contributed by atoms with Gasteiger partial charge in [-0.1, -0.05) is 41.9 Å². The van der Waals surface area contributed by atoms with Gasteiger partial charge in [-0.3, -0.25) is 9.78 Å². The summed E-state index contributed by atoms with van der Waals surface area (Å²) in [5.41, 5.74) is 1.86. The highest BCUT2D eigenvalue weighted by Gasteiger charge is 2.30. The van der Waals surface area contributed by atoms with E-state index in [4.69, 9.17) is 11.6 Å². The molecule has 1 fully saturated rings. The number of carbonyl (C=O) groups is 1. The summed E-state index contributed by atoms with van der Waals surface area (Å²) in [6.45, 7) is 2.28. The van der Waals surface area contributed by atoms with Gasteiger partial charge >= 0.3 is 0 Å². The van der Waals surface area contributed by atoms with Crippen molar-refractivity contribution >= 4 is 33.2 Å². The van der Waals surface area contributed by atoms with E-state index in [1.165, 1.54) is 22.8 Å². The molecule has 1 aliphatic heterocycles. The molecule has 172 valence electrons. The number of hydrogen-bond donors (Lipinski definition) is 0. The van der Waals surface area contributed by atoms with Crippen molar-refractivity contribution < 1.29 is 13.2 Å². The molecule has 9 heteroatoms. The van der Waals surface area contributed by atoms with Crippen molar-refractivity contribution in [2.75, 3.05) is 37.6 Å². The quantitative estimate of drug-likeness (QED) is 0.514. The number of nitrogens with zero attached hydrogens (tertiary/aromatic N) is 4. The van der Waals surface area contributed by atoms with Gasteiger partial charge in [0.25, 0.3) is 0 Å². The Hall–Kier alpha value is -2.94. The lowest BCUT2D eigenvalue weighted by Gasteiger charge is -2.37. The number of sulfonamides is 1. The number of aromatic nitrogens is 1. The smallest absolute Gasteiger partial charge is 0.245 e. The van der Waals surface area contributed by atoms with Gasteiger partial charge in [-0.15, -0.1) is 0 Å². The topological polar surface area (TPSA) is 73.8 Å². The van der Waals surface area contributed by atoms with Crippen molar-refractivity contribution in [3.05, 3.63) is 89.7 Å². The zero-order valence-corrected chi connectivity index (χ0v) is 19.6. The average Bonchev–Trinajstić information content (AvgIpc) is 2.86. The Labute approximate surface area is 199 Å². The fourth-order valence-electron chi connectivity index (χ4n) is 3.77. The van der Waals surface area contributed by atoms with Crippen molar-refractivity contribution in [3.63, 3.8) is 0 Å². The summed E-state index contributed by atoms with van der Waals surface area (Å²) in [6.07, 6.45) is 2.81. The van der Waals surface area contributed by atoms with Gasteiger partial charge in [-0.25, -0.2) is 8.42 Å². The fourth-order valence-corrected chi connectivity index (χ4v) is 5.24. The third-order valence-electron chi connectivity index (χ3n) is 5.61. The van der Waals surface area contributed by atoms with Crippen LogP contribution in [-0.2, 0) is 21.4 Å². The summed E-state index contributed by atoms with van der Waals surface area (Å²) in [4.78, 5) is 21.1. The van der Waals surface area contributed by atoms with E-state index in [1.54, 1.807) is 35.2 Å². The van der Waals surface area contributed by atoms with Gasteiger partial charge in [0.2, 0.25) is 15.9 Å². The predicted molar refractivity (Wildman–Crippen MR) is 129 cm³/mol. The Bertz CT molecular complexity index is 1170. The molecule has 0 saturated carbocycles. The summed E-state index contributed by atoms with van der Waals surface area (Å²) in [5, 5.41) is 0.563. The number of benzene rings is 2. The molecule has 0 aliphatic carbocycles. The Kier molecular flexibility index (Phi) is 7.27. The maximum absolute atomic E-state index is 13.3. The van der Waals surface area contributed by atoms with Gasteiger partial charge in [-0.05, 0) is 42.0 Å². The first-order valence-corrected chi connectivity index (χ1v) is 12.5. The minimum absolute atomic E-state index is 0.0562. The molecule has 2 heterocycles. The van der Waals surface area contributed by atoms with Crippen molar-refractivity contribution in [2.45, 2.75) is 11.4 Å². The van der Waals surface area contributed by atoms with Gasteiger partial charge in [-0.2, -0.15) is 4.31 Å². The maximum Gasteiger partial charge on any atom is 0.245 e.